The van der Waals surface area contributed by atoms with E-state index in [4.69, 9.17) is 0 Å². The van der Waals surface area contributed by atoms with Crippen LogP contribution in [0.4, 0.5) is 0 Å². The predicted molar refractivity (Wildman–Crippen MR) is 293 cm³/mol. The Morgan fingerprint density at radius 1 is 0.242 bits per heavy atom. The predicted octanol–water partition coefficient (Wildman–Crippen LogP) is 16.2. The Kier molecular flexibility index (Phi) is 53.8. The van der Waals surface area contributed by atoms with Gasteiger partial charge in [-0.1, -0.05) is 253 Å². The molecule has 0 rings (SSSR count). The molecule has 0 aliphatic rings. The number of carbonyl (C=O) groups excluding carboxylic acids is 2. The van der Waals surface area contributed by atoms with Crippen molar-refractivity contribution in [3.05, 3.63) is 0 Å². The van der Waals surface area contributed by atoms with Crippen LogP contribution in [0.5, 0.6) is 0 Å². The van der Waals surface area contributed by atoms with E-state index < -0.39 is 0 Å². The van der Waals surface area contributed by atoms with Gasteiger partial charge in [0.25, 0.3) is 0 Å². The van der Waals surface area contributed by atoms with E-state index in [1.165, 1.54) is 244 Å². The third-order valence-corrected chi connectivity index (χ3v) is 14.2. The van der Waals surface area contributed by atoms with Gasteiger partial charge in [0, 0.05) is 52.1 Å². The van der Waals surface area contributed by atoms with Gasteiger partial charge < -0.3 is 25.3 Å². The number of rotatable bonds is 56. The monoisotopic (exact) mass is 932 g/mol. The standard InChI is InChI=1S/C59H121N5O2/c1-6-11-15-18-21-24-27-30-33-36-39-42-51-63(50-14-9-4)56-47-60-58(65)45-54-62(49-10-5)55-46-59(66)61-48-57-64(52-43-40-37-34-31-28-25-22-19-16-12-7-2)53-44-41-38-35-32-29-26-23-20-17-13-8-3/h6-57H2,1-5H3,(H,60,65)(H,61,66). The number of hydrogen-bond acceptors (Lipinski definition) is 5. The topological polar surface area (TPSA) is 67.9 Å². The lowest BCUT2D eigenvalue weighted by atomic mass is 10.0. The summed E-state index contributed by atoms with van der Waals surface area (Å²) >= 11 is 0. The lowest BCUT2D eigenvalue weighted by Gasteiger charge is -2.24. The van der Waals surface area contributed by atoms with Gasteiger partial charge in [-0.25, -0.2) is 0 Å². The van der Waals surface area contributed by atoms with Crippen molar-refractivity contribution in [3.63, 3.8) is 0 Å². The molecule has 0 aromatic carbocycles. The maximum absolute atomic E-state index is 13.1. The molecule has 0 unspecified atom stereocenters. The van der Waals surface area contributed by atoms with Gasteiger partial charge in [0.2, 0.25) is 11.8 Å². The molecule has 0 fully saturated rings. The second kappa shape index (κ2) is 54.8. The van der Waals surface area contributed by atoms with Crippen molar-refractivity contribution in [1.29, 1.82) is 0 Å². The van der Waals surface area contributed by atoms with E-state index in [2.05, 4.69) is 60.0 Å². The normalized spacial score (nSPS) is 11.8. The first-order chi connectivity index (χ1) is 32.5. The zero-order chi connectivity index (χ0) is 48.1. The summed E-state index contributed by atoms with van der Waals surface area (Å²) in [7, 11) is 0. The van der Waals surface area contributed by atoms with Crippen LogP contribution in [0.15, 0.2) is 0 Å². The summed E-state index contributed by atoms with van der Waals surface area (Å²) in [5.41, 5.74) is 0. The number of unbranched alkanes of at least 4 members (excludes halogenated alkanes) is 34. The number of carbonyl (C=O) groups is 2. The summed E-state index contributed by atoms with van der Waals surface area (Å²) < 4.78 is 0. The van der Waals surface area contributed by atoms with Crippen LogP contribution in [0.3, 0.4) is 0 Å². The van der Waals surface area contributed by atoms with E-state index >= 15 is 0 Å². The molecule has 0 heterocycles. The summed E-state index contributed by atoms with van der Waals surface area (Å²) in [4.78, 5) is 33.5. The van der Waals surface area contributed by atoms with Crippen molar-refractivity contribution in [3.8, 4) is 0 Å². The highest BCUT2D eigenvalue weighted by molar-refractivity contribution is 5.76. The number of amides is 2. The molecule has 0 radical (unpaired) electrons. The average Bonchev–Trinajstić information content (AvgIpc) is 3.32. The smallest absolute Gasteiger partial charge is 0.221 e. The molecule has 7 nitrogen and oxygen atoms in total. The molecule has 0 aliphatic heterocycles. The van der Waals surface area contributed by atoms with Crippen LogP contribution in [0.2, 0.25) is 0 Å². The minimum Gasteiger partial charge on any atom is -0.355 e. The highest BCUT2D eigenvalue weighted by Gasteiger charge is 2.12. The summed E-state index contributed by atoms with van der Waals surface area (Å²) in [6, 6.07) is 0. The van der Waals surface area contributed by atoms with E-state index in [1.54, 1.807) is 0 Å². The summed E-state index contributed by atoms with van der Waals surface area (Å²) in [5.74, 6) is 0.291. The van der Waals surface area contributed by atoms with E-state index in [-0.39, 0.29) is 11.8 Å². The van der Waals surface area contributed by atoms with Gasteiger partial charge >= 0.3 is 0 Å². The molecular weight excluding hydrogens is 811 g/mol. The molecule has 0 saturated heterocycles. The number of nitrogens with zero attached hydrogens (tertiary/aromatic N) is 3. The molecule has 0 spiro atoms. The molecule has 7 heteroatoms. The fourth-order valence-corrected chi connectivity index (χ4v) is 9.64. The molecule has 0 bridgehead atoms. The molecule has 0 aromatic heterocycles. The zero-order valence-corrected chi connectivity index (χ0v) is 45.9. The molecule has 394 valence electrons. The Labute approximate surface area is 415 Å². The summed E-state index contributed by atoms with van der Waals surface area (Å²) in [6.07, 6.45) is 54.4. The Morgan fingerprint density at radius 3 is 0.727 bits per heavy atom. The van der Waals surface area contributed by atoms with Gasteiger partial charge in [-0.15, -0.1) is 0 Å². The Bertz CT molecular complexity index is 937. The first-order valence-corrected chi connectivity index (χ1v) is 30.2. The number of nitrogens with one attached hydrogen (secondary N) is 2. The molecule has 2 amide bonds. The van der Waals surface area contributed by atoms with Crippen LogP contribution < -0.4 is 10.6 Å². The SMILES string of the molecule is CCCCCCCCCCCCCCN(CCCC)CCNC(=O)CCN(CCC)CCC(=O)NCCN(CCCCCCCCCCCCCC)CCCCCCCCCCCCCC. The van der Waals surface area contributed by atoms with Crippen LogP contribution >= 0.6 is 0 Å². The van der Waals surface area contributed by atoms with Crippen molar-refractivity contribution < 1.29 is 9.59 Å². The first kappa shape index (κ1) is 64.8. The maximum Gasteiger partial charge on any atom is 0.221 e. The van der Waals surface area contributed by atoms with Crippen LogP contribution in [0.25, 0.3) is 0 Å². The molecule has 0 aliphatic carbocycles. The minimum atomic E-state index is 0.141. The maximum atomic E-state index is 13.1. The highest BCUT2D eigenvalue weighted by Crippen LogP contribution is 2.15. The van der Waals surface area contributed by atoms with Crippen molar-refractivity contribution in [2.75, 3.05) is 72.0 Å². The van der Waals surface area contributed by atoms with E-state index in [0.717, 1.165) is 78.4 Å². The van der Waals surface area contributed by atoms with E-state index in [1.807, 2.05) is 0 Å². The lowest BCUT2D eigenvalue weighted by Crippen LogP contribution is -2.39. The molecule has 0 aromatic rings. The van der Waals surface area contributed by atoms with Crippen LogP contribution in [0.1, 0.15) is 298 Å². The second-order valence-electron chi connectivity index (χ2n) is 20.7. The fourth-order valence-electron chi connectivity index (χ4n) is 9.64. The average molecular weight is 933 g/mol. The molecule has 0 atom stereocenters. The highest BCUT2D eigenvalue weighted by atomic mass is 16.2. The van der Waals surface area contributed by atoms with Gasteiger partial charge in [-0.2, -0.15) is 0 Å². The van der Waals surface area contributed by atoms with Crippen molar-refractivity contribution >= 4 is 11.8 Å². The molecular formula is C59H121N5O2. The van der Waals surface area contributed by atoms with Crippen LogP contribution in [-0.2, 0) is 9.59 Å². The number of hydrogen-bond donors (Lipinski definition) is 2. The fraction of sp³-hybridized carbons (Fsp3) is 0.966. The van der Waals surface area contributed by atoms with Gasteiger partial charge in [-0.3, -0.25) is 9.59 Å². The minimum absolute atomic E-state index is 0.141. The van der Waals surface area contributed by atoms with Crippen molar-refractivity contribution in [2.45, 2.75) is 298 Å². The second-order valence-corrected chi connectivity index (χ2v) is 20.7. The molecule has 0 saturated carbocycles. The first-order valence-electron chi connectivity index (χ1n) is 30.2. The zero-order valence-electron chi connectivity index (χ0n) is 45.9. The third kappa shape index (κ3) is 49.2. The van der Waals surface area contributed by atoms with Gasteiger partial charge in [-0.05, 0) is 64.8 Å². The van der Waals surface area contributed by atoms with Gasteiger partial charge in [0.1, 0.15) is 0 Å². The van der Waals surface area contributed by atoms with Gasteiger partial charge in [0.15, 0.2) is 0 Å². The van der Waals surface area contributed by atoms with Crippen molar-refractivity contribution in [2.24, 2.45) is 0 Å². The Hall–Kier alpha value is -1.18. The van der Waals surface area contributed by atoms with Crippen LogP contribution in [-0.4, -0.2) is 98.5 Å². The van der Waals surface area contributed by atoms with E-state index in [0.29, 0.717) is 12.8 Å². The molecule has 66 heavy (non-hydrogen) atoms. The third-order valence-electron chi connectivity index (χ3n) is 14.2. The van der Waals surface area contributed by atoms with Gasteiger partial charge in [0.05, 0.1) is 0 Å². The largest absolute Gasteiger partial charge is 0.355 e. The van der Waals surface area contributed by atoms with E-state index in [9.17, 15) is 9.59 Å². The lowest BCUT2D eigenvalue weighted by molar-refractivity contribution is -0.121. The molecule has 2 N–H and O–H groups in total. The Morgan fingerprint density at radius 2 is 0.470 bits per heavy atom. The van der Waals surface area contributed by atoms with Crippen LogP contribution in [0, 0.1) is 0 Å². The quantitative estimate of drug-likeness (QED) is 0.0595. The Balaban J connectivity index is 4.50. The summed E-state index contributed by atoms with van der Waals surface area (Å²) in [5, 5.41) is 6.49. The summed E-state index contributed by atoms with van der Waals surface area (Å²) in [6.45, 7) is 21.7. The van der Waals surface area contributed by atoms with Crippen molar-refractivity contribution in [1.82, 2.24) is 25.3 Å².